The van der Waals surface area contributed by atoms with E-state index in [0.717, 1.165) is 11.3 Å². The summed E-state index contributed by atoms with van der Waals surface area (Å²) < 4.78 is 0. The molecule has 1 heterocycles. The molecular weight excluding hydrogens is 204 g/mol. The summed E-state index contributed by atoms with van der Waals surface area (Å²) in [5.74, 6) is -1.40. The molecule has 76 valence electrons. The highest BCUT2D eigenvalue weighted by molar-refractivity contribution is 7.15. The first kappa shape index (κ1) is 10.6. The fourth-order valence-electron chi connectivity index (χ4n) is 0.811. The number of amides is 1. The number of carboxylic acid groups (broad SMARTS) is 1. The first-order valence-electron chi connectivity index (χ1n) is 4.00. The Labute approximate surface area is 84.8 Å². The maximum absolute atomic E-state index is 11.4. The van der Waals surface area contributed by atoms with Gasteiger partial charge in [0.05, 0.1) is 6.20 Å². The minimum atomic E-state index is -1.11. The summed E-state index contributed by atoms with van der Waals surface area (Å²) >= 11 is 0.868. The zero-order valence-corrected chi connectivity index (χ0v) is 8.59. The maximum Gasteiger partial charge on any atom is 0.365 e. The van der Waals surface area contributed by atoms with Crippen LogP contribution in [0, 0.1) is 0 Å². The van der Waals surface area contributed by atoms with Gasteiger partial charge in [-0.3, -0.25) is 4.79 Å². The molecule has 0 radical (unpaired) electrons. The number of aromatic nitrogens is 1. The molecule has 0 aromatic carbocycles. The smallest absolute Gasteiger partial charge is 0.365 e. The van der Waals surface area contributed by atoms with Crippen LogP contribution in [0.4, 0.5) is 0 Å². The fraction of sp³-hybridized carbons (Fsp3) is 0.375. The summed E-state index contributed by atoms with van der Waals surface area (Å²) in [4.78, 5) is 25.8. The molecule has 0 bridgehead atoms. The van der Waals surface area contributed by atoms with E-state index in [1.54, 1.807) is 0 Å². The number of thiazole rings is 1. The fourth-order valence-corrected chi connectivity index (χ4v) is 1.47. The molecule has 0 unspecified atom stereocenters. The molecule has 0 aliphatic rings. The van der Waals surface area contributed by atoms with Gasteiger partial charge in [0.15, 0.2) is 0 Å². The van der Waals surface area contributed by atoms with Crippen LogP contribution < -0.4 is 5.32 Å². The normalized spacial score (nSPS) is 10.2. The second kappa shape index (κ2) is 4.19. The van der Waals surface area contributed by atoms with E-state index in [1.807, 2.05) is 13.8 Å². The standard InChI is InChI=1S/C8H10N2O3S/c1-4(2)10-6(11)5-3-9-7(14-5)8(12)13/h3-4H,1-2H3,(H,10,11)(H,12,13). The molecule has 5 nitrogen and oxygen atoms in total. The van der Waals surface area contributed by atoms with Gasteiger partial charge in [-0.15, -0.1) is 11.3 Å². The Kier molecular flexibility index (Phi) is 3.19. The van der Waals surface area contributed by atoms with Crippen molar-refractivity contribution in [3.63, 3.8) is 0 Å². The van der Waals surface area contributed by atoms with Gasteiger partial charge in [-0.1, -0.05) is 0 Å². The van der Waals surface area contributed by atoms with Crippen molar-refractivity contribution in [2.75, 3.05) is 0 Å². The van der Waals surface area contributed by atoms with Gasteiger partial charge in [-0.05, 0) is 13.8 Å². The van der Waals surface area contributed by atoms with Crippen LogP contribution in [-0.4, -0.2) is 28.0 Å². The largest absolute Gasteiger partial charge is 0.476 e. The Hall–Kier alpha value is -1.43. The highest BCUT2D eigenvalue weighted by Crippen LogP contribution is 2.12. The molecule has 0 aliphatic heterocycles. The van der Waals surface area contributed by atoms with Crippen LogP contribution >= 0.6 is 11.3 Å². The number of rotatable bonds is 3. The second-order valence-corrected chi connectivity index (χ2v) is 3.99. The van der Waals surface area contributed by atoms with Crippen molar-refractivity contribution in [3.8, 4) is 0 Å². The highest BCUT2D eigenvalue weighted by atomic mass is 32.1. The van der Waals surface area contributed by atoms with Gasteiger partial charge in [0.2, 0.25) is 5.01 Å². The molecule has 0 atom stereocenters. The molecular formula is C8H10N2O3S. The summed E-state index contributed by atoms with van der Waals surface area (Å²) in [6.07, 6.45) is 1.27. The lowest BCUT2D eigenvalue weighted by Gasteiger charge is -2.05. The number of carbonyl (C=O) groups is 2. The van der Waals surface area contributed by atoms with E-state index >= 15 is 0 Å². The molecule has 1 aromatic rings. The van der Waals surface area contributed by atoms with E-state index in [1.165, 1.54) is 6.20 Å². The number of nitrogens with one attached hydrogen (secondary N) is 1. The number of hydrogen-bond donors (Lipinski definition) is 2. The van der Waals surface area contributed by atoms with Crippen molar-refractivity contribution in [2.24, 2.45) is 0 Å². The number of carboxylic acids is 1. The minimum absolute atomic E-state index is 0.0258. The Morgan fingerprint density at radius 1 is 1.57 bits per heavy atom. The van der Waals surface area contributed by atoms with Crippen LogP contribution in [0.25, 0.3) is 0 Å². The first-order valence-corrected chi connectivity index (χ1v) is 4.82. The number of hydrogen-bond acceptors (Lipinski definition) is 4. The highest BCUT2D eigenvalue weighted by Gasteiger charge is 2.14. The molecule has 14 heavy (non-hydrogen) atoms. The van der Waals surface area contributed by atoms with Crippen molar-refractivity contribution < 1.29 is 14.7 Å². The summed E-state index contributed by atoms with van der Waals surface area (Å²) in [6, 6.07) is 0.0258. The van der Waals surface area contributed by atoms with E-state index in [2.05, 4.69) is 10.3 Å². The Bertz CT molecular complexity index is 359. The molecule has 6 heteroatoms. The SMILES string of the molecule is CC(C)NC(=O)c1cnc(C(=O)O)s1. The number of aromatic carboxylic acids is 1. The van der Waals surface area contributed by atoms with Crippen LogP contribution in [0.15, 0.2) is 6.20 Å². The molecule has 0 fully saturated rings. The summed E-state index contributed by atoms with van der Waals surface area (Å²) in [5.41, 5.74) is 0. The molecule has 1 amide bonds. The summed E-state index contributed by atoms with van der Waals surface area (Å²) in [7, 11) is 0. The summed E-state index contributed by atoms with van der Waals surface area (Å²) in [6.45, 7) is 3.66. The van der Waals surface area contributed by atoms with E-state index in [9.17, 15) is 9.59 Å². The summed E-state index contributed by atoms with van der Waals surface area (Å²) in [5, 5.41) is 11.2. The zero-order valence-electron chi connectivity index (χ0n) is 7.77. The lowest BCUT2D eigenvalue weighted by Crippen LogP contribution is -2.29. The lowest BCUT2D eigenvalue weighted by molar-refractivity contribution is 0.0696. The quantitative estimate of drug-likeness (QED) is 0.786. The molecule has 1 aromatic heterocycles. The number of nitrogens with zero attached hydrogens (tertiary/aromatic N) is 1. The Balaban J connectivity index is 2.76. The third-order valence-electron chi connectivity index (χ3n) is 1.33. The monoisotopic (exact) mass is 214 g/mol. The topological polar surface area (TPSA) is 79.3 Å². The van der Waals surface area contributed by atoms with E-state index in [0.29, 0.717) is 4.88 Å². The van der Waals surface area contributed by atoms with Crippen molar-refractivity contribution in [1.82, 2.24) is 10.3 Å². The van der Waals surface area contributed by atoms with Crippen LogP contribution in [0.5, 0.6) is 0 Å². The average Bonchev–Trinajstić information content (AvgIpc) is 2.50. The zero-order chi connectivity index (χ0) is 10.7. The van der Waals surface area contributed by atoms with Crippen molar-refractivity contribution >= 4 is 23.2 Å². The van der Waals surface area contributed by atoms with Crippen molar-refractivity contribution in [2.45, 2.75) is 19.9 Å². The molecule has 0 saturated carbocycles. The van der Waals surface area contributed by atoms with Crippen molar-refractivity contribution in [3.05, 3.63) is 16.1 Å². The number of carbonyl (C=O) groups excluding carboxylic acids is 1. The lowest BCUT2D eigenvalue weighted by atomic mass is 10.4. The first-order chi connectivity index (χ1) is 6.50. The van der Waals surface area contributed by atoms with Gasteiger partial charge in [0.25, 0.3) is 5.91 Å². The van der Waals surface area contributed by atoms with Gasteiger partial charge in [0.1, 0.15) is 4.88 Å². The second-order valence-electron chi connectivity index (χ2n) is 2.96. The maximum atomic E-state index is 11.4. The van der Waals surface area contributed by atoms with Crippen molar-refractivity contribution in [1.29, 1.82) is 0 Å². The van der Waals surface area contributed by atoms with E-state index in [-0.39, 0.29) is 17.0 Å². The van der Waals surface area contributed by atoms with Crippen LogP contribution in [0.3, 0.4) is 0 Å². The van der Waals surface area contributed by atoms with Gasteiger partial charge >= 0.3 is 5.97 Å². The molecule has 0 saturated heterocycles. The predicted octanol–water partition coefficient (Wildman–Crippen LogP) is 0.980. The predicted molar refractivity (Wildman–Crippen MR) is 51.7 cm³/mol. The third kappa shape index (κ3) is 2.53. The van der Waals surface area contributed by atoms with Crippen LogP contribution in [0.2, 0.25) is 0 Å². The van der Waals surface area contributed by atoms with E-state index < -0.39 is 5.97 Å². The van der Waals surface area contributed by atoms with E-state index in [4.69, 9.17) is 5.11 Å². The van der Waals surface area contributed by atoms with Gasteiger partial charge in [-0.25, -0.2) is 9.78 Å². The Morgan fingerprint density at radius 3 is 2.64 bits per heavy atom. The van der Waals surface area contributed by atoms with Crippen LogP contribution in [-0.2, 0) is 0 Å². The molecule has 0 spiro atoms. The average molecular weight is 214 g/mol. The van der Waals surface area contributed by atoms with Gasteiger partial charge in [-0.2, -0.15) is 0 Å². The minimum Gasteiger partial charge on any atom is -0.476 e. The molecule has 1 rings (SSSR count). The molecule has 0 aliphatic carbocycles. The molecule has 2 N–H and O–H groups in total. The third-order valence-corrected chi connectivity index (χ3v) is 2.32. The van der Waals surface area contributed by atoms with Gasteiger partial charge in [0, 0.05) is 6.04 Å². The van der Waals surface area contributed by atoms with Crippen LogP contribution in [0.1, 0.15) is 33.3 Å². The van der Waals surface area contributed by atoms with Gasteiger partial charge < -0.3 is 10.4 Å². The Morgan fingerprint density at radius 2 is 2.21 bits per heavy atom.